The molecule has 0 aliphatic heterocycles. The van der Waals surface area contributed by atoms with Crippen LogP contribution in [0.15, 0.2) is 6.20 Å². The zero-order chi connectivity index (χ0) is 13.3. The predicted octanol–water partition coefficient (Wildman–Crippen LogP) is 1.63. The average molecular weight is 270 g/mol. The van der Waals surface area contributed by atoms with Crippen LogP contribution in [-0.4, -0.2) is 48.1 Å². The maximum atomic E-state index is 6.12. The number of nitrogen functional groups attached to an aromatic ring is 1. The van der Waals surface area contributed by atoms with Gasteiger partial charge in [-0.1, -0.05) is 11.6 Å². The molecule has 2 rings (SSSR count). The first kappa shape index (κ1) is 13.4. The number of aromatic nitrogens is 2. The fraction of sp³-hybridized carbons (Fsp3) is 0.667. The fourth-order valence-corrected chi connectivity index (χ4v) is 2.72. The lowest BCUT2D eigenvalue weighted by Gasteiger charge is -2.49. The van der Waals surface area contributed by atoms with Gasteiger partial charge in [0.05, 0.1) is 6.20 Å². The summed E-state index contributed by atoms with van der Waals surface area (Å²) < 4.78 is 0. The summed E-state index contributed by atoms with van der Waals surface area (Å²) in [7, 11) is 6.25. The lowest BCUT2D eigenvalue weighted by Crippen LogP contribution is -2.56. The predicted molar refractivity (Wildman–Crippen MR) is 75.0 cm³/mol. The molecule has 0 atom stereocenters. The number of hydrogen-bond acceptors (Lipinski definition) is 5. The Morgan fingerprint density at radius 3 is 2.56 bits per heavy atom. The van der Waals surface area contributed by atoms with Gasteiger partial charge in [0.1, 0.15) is 5.02 Å². The number of hydrogen-bond donors (Lipinski definition) is 1. The van der Waals surface area contributed by atoms with Crippen molar-refractivity contribution in [2.24, 2.45) is 0 Å². The molecule has 100 valence electrons. The molecule has 0 aromatic carbocycles. The van der Waals surface area contributed by atoms with Gasteiger partial charge in [-0.2, -0.15) is 4.98 Å². The second-order valence-electron chi connectivity index (χ2n) is 5.23. The number of nitrogens with zero attached hydrogens (tertiary/aromatic N) is 4. The van der Waals surface area contributed by atoms with Gasteiger partial charge in [-0.05, 0) is 33.4 Å². The third-order valence-corrected chi connectivity index (χ3v) is 4.14. The van der Waals surface area contributed by atoms with Crippen molar-refractivity contribution in [1.29, 1.82) is 0 Å². The summed E-state index contributed by atoms with van der Waals surface area (Å²) in [6.07, 6.45) is 5.26. The molecule has 6 heteroatoms. The first-order chi connectivity index (χ1) is 8.44. The highest BCUT2D eigenvalue weighted by Crippen LogP contribution is 2.37. The molecule has 0 saturated heterocycles. The van der Waals surface area contributed by atoms with E-state index in [-0.39, 0.29) is 11.5 Å². The molecule has 1 aromatic rings. The van der Waals surface area contributed by atoms with Crippen molar-refractivity contribution < 1.29 is 0 Å². The molecule has 1 heterocycles. The first-order valence-electron chi connectivity index (χ1n) is 6.11. The smallest absolute Gasteiger partial charge is 0.222 e. The van der Waals surface area contributed by atoms with E-state index in [1.807, 2.05) is 7.05 Å². The van der Waals surface area contributed by atoms with Crippen molar-refractivity contribution in [2.45, 2.75) is 24.8 Å². The van der Waals surface area contributed by atoms with Crippen LogP contribution in [0.25, 0.3) is 0 Å². The highest BCUT2D eigenvalue weighted by atomic mass is 35.5. The number of halogens is 1. The monoisotopic (exact) mass is 269 g/mol. The van der Waals surface area contributed by atoms with E-state index in [1.54, 1.807) is 6.20 Å². The Hall–Kier alpha value is -1.07. The Kier molecular flexibility index (Phi) is 3.64. The van der Waals surface area contributed by atoms with Crippen LogP contribution in [0.2, 0.25) is 5.02 Å². The van der Waals surface area contributed by atoms with Gasteiger partial charge in [0.15, 0.2) is 5.82 Å². The number of rotatable bonds is 4. The molecule has 1 aromatic heterocycles. The van der Waals surface area contributed by atoms with Crippen LogP contribution in [0.5, 0.6) is 0 Å². The number of likely N-dealkylation sites (N-methyl/N-ethyl adjacent to an activating group) is 2. The van der Waals surface area contributed by atoms with Crippen LogP contribution in [0.1, 0.15) is 19.3 Å². The van der Waals surface area contributed by atoms with Crippen molar-refractivity contribution in [1.82, 2.24) is 14.9 Å². The second-order valence-corrected chi connectivity index (χ2v) is 5.64. The third kappa shape index (κ3) is 2.37. The van der Waals surface area contributed by atoms with E-state index in [1.165, 1.54) is 19.3 Å². The summed E-state index contributed by atoms with van der Waals surface area (Å²) in [5.74, 6) is 0.964. The molecule has 0 radical (unpaired) electrons. The molecule has 1 aliphatic rings. The maximum Gasteiger partial charge on any atom is 0.222 e. The van der Waals surface area contributed by atoms with Gasteiger partial charge in [-0.3, -0.25) is 0 Å². The van der Waals surface area contributed by atoms with Crippen molar-refractivity contribution in [3.63, 3.8) is 0 Å². The lowest BCUT2D eigenvalue weighted by molar-refractivity contribution is 0.0682. The van der Waals surface area contributed by atoms with Gasteiger partial charge in [-0.15, -0.1) is 0 Å². The van der Waals surface area contributed by atoms with E-state index in [0.717, 1.165) is 6.54 Å². The SMILES string of the molecule is CN(CC1(N(C)C)CCC1)c1nc(N)ncc1Cl. The van der Waals surface area contributed by atoms with Crippen LogP contribution in [0, 0.1) is 0 Å². The molecule has 5 nitrogen and oxygen atoms in total. The molecule has 0 bridgehead atoms. The summed E-state index contributed by atoms with van der Waals surface area (Å²) in [4.78, 5) is 12.5. The minimum Gasteiger partial charge on any atom is -0.368 e. The van der Waals surface area contributed by atoms with E-state index in [9.17, 15) is 0 Å². The maximum absolute atomic E-state index is 6.12. The standard InChI is InChI=1S/C12H20ClN5/c1-17(2)12(5-4-6-12)8-18(3)10-9(13)7-15-11(14)16-10/h7H,4-6,8H2,1-3H3,(H2,14,15,16). The molecular formula is C12H20ClN5. The Labute approximate surface area is 113 Å². The number of nitrogens with two attached hydrogens (primary N) is 1. The summed E-state index contributed by atoms with van der Waals surface area (Å²) in [5.41, 5.74) is 5.85. The van der Waals surface area contributed by atoms with Gasteiger partial charge >= 0.3 is 0 Å². The minimum atomic E-state index is 0.234. The summed E-state index contributed by atoms with van der Waals surface area (Å²) in [6.45, 7) is 0.899. The van der Waals surface area contributed by atoms with Crippen molar-refractivity contribution >= 4 is 23.4 Å². The molecule has 18 heavy (non-hydrogen) atoms. The highest BCUT2D eigenvalue weighted by molar-refractivity contribution is 6.32. The van der Waals surface area contributed by atoms with Crippen molar-refractivity contribution in [3.05, 3.63) is 11.2 Å². The Balaban J connectivity index is 2.16. The Morgan fingerprint density at radius 2 is 2.06 bits per heavy atom. The first-order valence-corrected chi connectivity index (χ1v) is 6.49. The molecule has 0 unspecified atom stereocenters. The fourth-order valence-electron chi connectivity index (χ4n) is 2.49. The van der Waals surface area contributed by atoms with Gasteiger partial charge in [0.2, 0.25) is 5.95 Å². The van der Waals surface area contributed by atoms with Crippen LogP contribution in [0.3, 0.4) is 0 Å². The molecule has 1 aliphatic carbocycles. The lowest BCUT2D eigenvalue weighted by atomic mass is 9.75. The van der Waals surface area contributed by atoms with Crippen LogP contribution < -0.4 is 10.6 Å². The molecular weight excluding hydrogens is 250 g/mol. The molecule has 2 N–H and O–H groups in total. The van der Waals surface area contributed by atoms with Gasteiger partial charge in [0.25, 0.3) is 0 Å². The largest absolute Gasteiger partial charge is 0.368 e. The van der Waals surface area contributed by atoms with Crippen LogP contribution in [-0.2, 0) is 0 Å². The zero-order valence-corrected chi connectivity index (χ0v) is 11.9. The molecule has 1 saturated carbocycles. The topological polar surface area (TPSA) is 58.3 Å². The summed E-state index contributed by atoms with van der Waals surface area (Å²) in [5, 5.41) is 0.542. The normalized spacial score (nSPS) is 17.6. The van der Waals surface area contributed by atoms with E-state index >= 15 is 0 Å². The van der Waals surface area contributed by atoms with Gasteiger partial charge < -0.3 is 15.5 Å². The van der Waals surface area contributed by atoms with E-state index in [4.69, 9.17) is 17.3 Å². The molecule has 1 fully saturated rings. The summed E-state index contributed by atoms with van der Waals surface area (Å²) >= 11 is 6.12. The minimum absolute atomic E-state index is 0.234. The number of anilines is 2. The Bertz CT molecular complexity index is 430. The van der Waals surface area contributed by atoms with E-state index in [0.29, 0.717) is 10.8 Å². The van der Waals surface area contributed by atoms with E-state index in [2.05, 4.69) is 33.9 Å². The second kappa shape index (κ2) is 4.90. The third-order valence-electron chi connectivity index (χ3n) is 3.87. The molecule has 0 spiro atoms. The van der Waals surface area contributed by atoms with Gasteiger partial charge in [-0.25, -0.2) is 4.98 Å². The Morgan fingerprint density at radius 1 is 1.39 bits per heavy atom. The highest BCUT2D eigenvalue weighted by Gasteiger charge is 2.40. The van der Waals surface area contributed by atoms with Gasteiger partial charge in [0, 0.05) is 19.1 Å². The zero-order valence-electron chi connectivity index (χ0n) is 11.1. The van der Waals surface area contributed by atoms with Crippen LogP contribution >= 0.6 is 11.6 Å². The van der Waals surface area contributed by atoms with Crippen molar-refractivity contribution in [2.75, 3.05) is 38.3 Å². The van der Waals surface area contributed by atoms with Crippen molar-refractivity contribution in [3.8, 4) is 0 Å². The summed E-state index contributed by atoms with van der Waals surface area (Å²) in [6, 6.07) is 0. The molecule has 0 amide bonds. The average Bonchev–Trinajstić information content (AvgIpc) is 2.26. The van der Waals surface area contributed by atoms with E-state index < -0.39 is 0 Å². The quantitative estimate of drug-likeness (QED) is 0.900. The van der Waals surface area contributed by atoms with Crippen LogP contribution in [0.4, 0.5) is 11.8 Å².